The van der Waals surface area contributed by atoms with Gasteiger partial charge in [-0.05, 0) is 0 Å². The molecule has 8 heavy (non-hydrogen) atoms. The van der Waals surface area contributed by atoms with E-state index < -0.39 is 0 Å². The predicted molar refractivity (Wildman–Crippen MR) is 2.75 cm³/mol. The Labute approximate surface area is 88.6 Å². The summed E-state index contributed by atoms with van der Waals surface area (Å²) in [6, 6.07) is 0. The van der Waals surface area contributed by atoms with Crippen molar-refractivity contribution in [2.45, 2.75) is 0 Å². The van der Waals surface area contributed by atoms with Crippen LogP contribution in [0.5, 0.6) is 0 Å². The zero-order valence-corrected chi connectivity index (χ0v) is 7.13. The molecular formula is Co4O4. The van der Waals surface area contributed by atoms with Crippen molar-refractivity contribution in [2.24, 2.45) is 0 Å². The third kappa shape index (κ3) is 106. The summed E-state index contributed by atoms with van der Waals surface area (Å²) < 4.78 is 0. The van der Waals surface area contributed by atoms with Crippen molar-refractivity contribution in [3.63, 3.8) is 0 Å². The molecule has 8 heteroatoms. The average molecular weight is 300 g/mol. The van der Waals surface area contributed by atoms with Crippen LogP contribution in [0.3, 0.4) is 0 Å². The van der Waals surface area contributed by atoms with E-state index in [2.05, 4.69) is 0 Å². The molecule has 0 aliphatic heterocycles. The smallest absolute Gasteiger partial charge is 2.00 e. The molecule has 0 aliphatic carbocycles. The van der Waals surface area contributed by atoms with Gasteiger partial charge in [-0.25, -0.2) is 0 Å². The molecule has 0 N–H and O–H groups in total. The molecule has 0 saturated carbocycles. The van der Waals surface area contributed by atoms with Crippen molar-refractivity contribution < 1.29 is 89.0 Å². The molecule has 0 unspecified atom stereocenters. The quantitative estimate of drug-likeness (QED) is 0.574. The van der Waals surface area contributed by atoms with Crippen LogP contribution in [-0.2, 0) is 89.0 Å². The molecule has 0 bridgehead atoms. The molecule has 0 amide bonds. The molecule has 0 atom stereocenters. The van der Waals surface area contributed by atoms with Crippen LogP contribution in [0.4, 0.5) is 0 Å². The van der Waals surface area contributed by atoms with E-state index in [4.69, 9.17) is 0 Å². The number of hydrogen-bond donors (Lipinski definition) is 0. The van der Waals surface area contributed by atoms with Gasteiger partial charge in [0.2, 0.25) is 0 Å². The minimum Gasteiger partial charge on any atom is -2.00 e. The van der Waals surface area contributed by atoms with Gasteiger partial charge in [0.05, 0.1) is 0 Å². The van der Waals surface area contributed by atoms with Crippen LogP contribution >= 0.6 is 0 Å². The molecule has 0 aromatic rings. The molecule has 0 heterocycles. The summed E-state index contributed by atoms with van der Waals surface area (Å²) in [4.78, 5) is 0. The second-order valence-electron chi connectivity index (χ2n) is 0. The Bertz CT molecular complexity index is 8.00. The molecule has 0 rings (SSSR count). The normalized spacial score (nSPS) is 0. The summed E-state index contributed by atoms with van der Waals surface area (Å²) in [5.74, 6) is 0. The minimum atomic E-state index is 0. The second-order valence-corrected chi connectivity index (χ2v) is 0. The first-order valence-electron chi connectivity index (χ1n) is 0. The van der Waals surface area contributed by atoms with Crippen molar-refractivity contribution in [1.82, 2.24) is 0 Å². The Hall–Kier alpha value is 1.87. The van der Waals surface area contributed by atoms with Gasteiger partial charge in [0.25, 0.3) is 0 Å². The van der Waals surface area contributed by atoms with Crippen molar-refractivity contribution in [3.05, 3.63) is 0 Å². The maximum Gasteiger partial charge on any atom is 2.00 e. The summed E-state index contributed by atoms with van der Waals surface area (Å²) in [6.45, 7) is 0. The Balaban J connectivity index is 0. The van der Waals surface area contributed by atoms with Crippen molar-refractivity contribution >= 4 is 0 Å². The SMILES string of the molecule is [Co+2].[Co+2].[Co+2].[Co+2].[O-2].[O-2].[O-2].[O-2]. The van der Waals surface area contributed by atoms with E-state index in [1.807, 2.05) is 0 Å². The Morgan fingerprint density at radius 2 is 0.250 bits per heavy atom. The summed E-state index contributed by atoms with van der Waals surface area (Å²) in [6.07, 6.45) is 0. The average Bonchev–Trinajstić information content (AvgIpc) is 0. The van der Waals surface area contributed by atoms with Crippen LogP contribution in [0.25, 0.3) is 0 Å². The van der Waals surface area contributed by atoms with Crippen LogP contribution < -0.4 is 0 Å². The van der Waals surface area contributed by atoms with Gasteiger partial charge in [0, 0.05) is 0 Å². The third-order valence-electron chi connectivity index (χ3n) is 0. The molecule has 0 aromatic carbocycles. The minimum absolute atomic E-state index is 0. The van der Waals surface area contributed by atoms with E-state index in [0.717, 1.165) is 0 Å². The van der Waals surface area contributed by atoms with Crippen LogP contribution in [-0.4, -0.2) is 0 Å². The molecular weight excluding hydrogens is 300 g/mol. The first kappa shape index (κ1) is 223. The fourth-order valence-electron chi connectivity index (χ4n) is 0. The fraction of sp³-hybridized carbons (Fsp3) is 0. The molecule has 0 fully saturated rings. The van der Waals surface area contributed by atoms with E-state index in [1.54, 1.807) is 0 Å². The number of hydrogen-bond acceptors (Lipinski definition) is 0. The van der Waals surface area contributed by atoms with Gasteiger partial charge in [-0.15, -0.1) is 0 Å². The predicted octanol–water partition coefficient (Wildman–Crippen LogP) is -0.485. The standard InChI is InChI=1S/4Co.4O/q4*+2;4*-2. The molecule has 0 saturated heterocycles. The van der Waals surface area contributed by atoms with E-state index in [1.165, 1.54) is 0 Å². The molecule has 4 radical (unpaired) electrons. The largest absolute Gasteiger partial charge is 2.00 e. The van der Waals surface area contributed by atoms with E-state index in [0.29, 0.717) is 0 Å². The first-order chi connectivity index (χ1) is 0. The van der Waals surface area contributed by atoms with Gasteiger partial charge < -0.3 is 21.9 Å². The van der Waals surface area contributed by atoms with Gasteiger partial charge in [-0.3, -0.25) is 0 Å². The molecule has 0 aliphatic rings. The van der Waals surface area contributed by atoms with Crippen LogP contribution in [0.1, 0.15) is 0 Å². The van der Waals surface area contributed by atoms with Gasteiger partial charge >= 0.3 is 67.1 Å². The Morgan fingerprint density at radius 1 is 0.250 bits per heavy atom. The summed E-state index contributed by atoms with van der Waals surface area (Å²) in [7, 11) is 0. The summed E-state index contributed by atoms with van der Waals surface area (Å²) >= 11 is 0. The zero-order chi connectivity index (χ0) is 0. The van der Waals surface area contributed by atoms with Crippen LogP contribution in [0.15, 0.2) is 0 Å². The molecule has 0 spiro atoms. The van der Waals surface area contributed by atoms with Gasteiger partial charge in [0.1, 0.15) is 0 Å². The maximum atomic E-state index is 0. The monoisotopic (exact) mass is 300 g/mol. The third-order valence-corrected chi connectivity index (χ3v) is 0. The Morgan fingerprint density at radius 3 is 0.250 bits per heavy atom. The number of rotatable bonds is 0. The molecule has 0 aromatic heterocycles. The topological polar surface area (TPSA) is 114 Å². The Kier molecular flexibility index (Phi) is 4390. The molecule has 4 nitrogen and oxygen atoms in total. The van der Waals surface area contributed by atoms with Crippen LogP contribution in [0, 0.1) is 0 Å². The summed E-state index contributed by atoms with van der Waals surface area (Å²) in [5, 5.41) is 0. The summed E-state index contributed by atoms with van der Waals surface area (Å²) in [5.41, 5.74) is 0. The second kappa shape index (κ2) is 158. The fourth-order valence-corrected chi connectivity index (χ4v) is 0. The van der Waals surface area contributed by atoms with E-state index in [9.17, 15) is 0 Å². The van der Waals surface area contributed by atoms with Crippen molar-refractivity contribution in [2.75, 3.05) is 0 Å². The van der Waals surface area contributed by atoms with Gasteiger partial charge in [-0.1, -0.05) is 0 Å². The van der Waals surface area contributed by atoms with Crippen molar-refractivity contribution in [3.8, 4) is 0 Å². The maximum absolute atomic E-state index is 0. The van der Waals surface area contributed by atoms with Gasteiger partial charge in [-0.2, -0.15) is 0 Å². The zero-order valence-electron chi connectivity index (χ0n) is 2.97. The molecule has 60 valence electrons. The van der Waals surface area contributed by atoms with Gasteiger partial charge in [0.15, 0.2) is 0 Å². The first-order valence-corrected chi connectivity index (χ1v) is 0. The van der Waals surface area contributed by atoms with Crippen molar-refractivity contribution in [1.29, 1.82) is 0 Å². The van der Waals surface area contributed by atoms with E-state index >= 15 is 0 Å². The van der Waals surface area contributed by atoms with Crippen LogP contribution in [0.2, 0.25) is 0 Å². The van der Waals surface area contributed by atoms with E-state index in [-0.39, 0.29) is 89.0 Å².